The third-order valence-electron chi connectivity index (χ3n) is 3.74. The molecule has 0 atom stereocenters. The number of para-hydroxylation sites is 2. The lowest BCUT2D eigenvalue weighted by Gasteiger charge is -2.12. The van der Waals surface area contributed by atoms with Crippen molar-refractivity contribution in [2.45, 2.75) is 0 Å². The molecule has 5 nitrogen and oxygen atoms in total. The van der Waals surface area contributed by atoms with Crippen molar-refractivity contribution in [2.24, 2.45) is 0 Å². The normalized spacial score (nSPS) is 10.2. The van der Waals surface area contributed by atoms with Gasteiger partial charge in [-0.25, -0.2) is 4.39 Å². The van der Waals surface area contributed by atoms with Crippen molar-refractivity contribution in [3.8, 4) is 5.75 Å². The highest BCUT2D eigenvalue weighted by Gasteiger charge is 2.14. The third-order valence-corrected chi connectivity index (χ3v) is 4.27. The molecule has 0 heterocycles. The van der Waals surface area contributed by atoms with Gasteiger partial charge in [0.25, 0.3) is 11.8 Å². The summed E-state index contributed by atoms with van der Waals surface area (Å²) in [6.07, 6.45) is 0. The quantitative estimate of drug-likeness (QED) is 0.572. The molecule has 0 bridgehead atoms. The van der Waals surface area contributed by atoms with Gasteiger partial charge in [-0.2, -0.15) is 0 Å². The van der Waals surface area contributed by atoms with E-state index in [2.05, 4.69) is 26.6 Å². The maximum Gasteiger partial charge on any atom is 0.262 e. The maximum atomic E-state index is 13.6. The monoisotopic (exact) mass is 442 g/mol. The van der Waals surface area contributed by atoms with Crippen molar-refractivity contribution in [3.05, 3.63) is 88.6 Å². The van der Waals surface area contributed by atoms with Crippen LogP contribution >= 0.6 is 15.9 Å². The molecule has 3 aromatic carbocycles. The van der Waals surface area contributed by atoms with E-state index in [-0.39, 0.29) is 29.5 Å². The fourth-order valence-corrected chi connectivity index (χ4v) is 2.67. The fourth-order valence-electron chi connectivity index (χ4n) is 2.40. The lowest BCUT2D eigenvalue weighted by Crippen LogP contribution is -2.22. The highest BCUT2D eigenvalue weighted by atomic mass is 79.9. The van der Waals surface area contributed by atoms with E-state index in [4.69, 9.17) is 4.74 Å². The van der Waals surface area contributed by atoms with Crippen LogP contribution in [0.5, 0.6) is 5.75 Å². The second kappa shape index (κ2) is 9.14. The Hall–Kier alpha value is -3.19. The van der Waals surface area contributed by atoms with Crippen LogP contribution < -0.4 is 15.4 Å². The van der Waals surface area contributed by atoms with Gasteiger partial charge < -0.3 is 15.4 Å². The molecule has 28 heavy (non-hydrogen) atoms. The van der Waals surface area contributed by atoms with Crippen molar-refractivity contribution in [3.63, 3.8) is 0 Å². The molecule has 0 aliphatic carbocycles. The first kappa shape index (κ1) is 19.6. The molecule has 3 rings (SSSR count). The molecular weight excluding hydrogens is 427 g/mol. The highest BCUT2D eigenvalue weighted by molar-refractivity contribution is 9.10. The molecule has 2 amide bonds. The Morgan fingerprint density at radius 3 is 2.32 bits per heavy atom. The predicted octanol–water partition coefficient (Wildman–Crippen LogP) is 4.86. The summed E-state index contributed by atoms with van der Waals surface area (Å²) in [6, 6.07) is 19.6. The minimum atomic E-state index is -0.537. The van der Waals surface area contributed by atoms with Crippen LogP contribution in [0, 0.1) is 5.82 Å². The summed E-state index contributed by atoms with van der Waals surface area (Å²) in [4.78, 5) is 24.6. The summed E-state index contributed by atoms with van der Waals surface area (Å²) in [7, 11) is 0. The van der Waals surface area contributed by atoms with Gasteiger partial charge in [0.2, 0.25) is 0 Å². The summed E-state index contributed by atoms with van der Waals surface area (Å²) in [5.41, 5.74) is 0.974. The topological polar surface area (TPSA) is 67.4 Å². The number of carbonyl (C=O) groups is 2. The van der Waals surface area contributed by atoms with Gasteiger partial charge in [0.1, 0.15) is 11.6 Å². The molecule has 2 N–H and O–H groups in total. The van der Waals surface area contributed by atoms with Gasteiger partial charge >= 0.3 is 0 Å². The van der Waals surface area contributed by atoms with E-state index in [1.807, 2.05) is 12.1 Å². The number of rotatable bonds is 6. The number of halogens is 2. The Bertz CT molecular complexity index is 993. The van der Waals surface area contributed by atoms with Gasteiger partial charge in [-0.1, -0.05) is 40.2 Å². The SMILES string of the molecule is O=C(COc1ccccc1C(=O)Nc1ccc(Br)cc1)Nc1ccccc1F. The largest absolute Gasteiger partial charge is 0.483 e. The maximum absolute atomic E-state index is 13.6. The van der Waals surface area contributed by atoms with Gasteiger partial charge in [0.05, 0.1) is 11.3 Å². The third kappa shape index (κ3) is 5.17. The van der Waals surface area contributed by atoms with Crippen LogP contribution in [0.3, 0.4) is 0 Å². The van der Waals surface area contributed by atoms with Crippen LogP contribution in [0.25, 0.3) is 0 Å². The lowest BCUT2D eigenvalue weighted by atomic mass is 10.2. The molecule has 0 aliphatic heterocycles. The van der Waals surface area contributed by atoms with Crippen molar-refractivity contribution < 1.29 is 18.7 Å². The van der Waals surface area contributed by atoms with Crippen molar-refractivity contribution in [2.75, 3.05) is 17.2 Å². The van der Waals surface area contributed by atoms with Gasteiger partial charge in [0.15, 0.2) is 6.61 Å². The molecule has 0 aromatic heterocycles. The van der Waals surface area contributed by atoms with Crippen molar-refractivity contribution in [1.82, 2.24) is 0 Å². The molecule has 0 unspecified atom stereocenters. The standard InChI is InChI=1S/C21H16BrFN2O3/c22-14-9-11-15(12-10-14)24-21(27)16-5-1-4-8-19(16)28-13-20(26)25-18-7-3-2-6-17(18)23/h1-12H,13H2,(H,24,27)(H,25,26). The first-order valence-electron chi connectivity index (χ1n) is 8.36. The van der Waals surface area contributed by atoms with Crippen LogP contribution in [-0.2, 0) is 4.79 Å². The molecule has 0 aliphatic rings. The fraction of sp³-hybridized carbons (Fsp3) is 0.0476. The molecule has 0 saturated heterocycles. The summed E-state index contributed by atoms with van der Waals surface area (Å²) >= 11 is 3.34. The molecule has 0 saturated carbocycles. The second-order valence-electron chi connectivity index (χ2n) is 5.77. The number of anilines is 2. The van der Waals surface area contributed by atoms with Gasteiger partial charge in [-0.3, -0.25) is 9.59 Å². The average Bonchev–Trinajstić information content (AvgIpc) is 2.70. The Balaban J connectivity index is 1.65. The smallest absolute Gasteiger partial charge is 0.262 e. The number of hydrogen-bond acceptors (Lipinski definition) is 3. The number of carbonyl (C=O) groups excluding carboxylic acids is 2. The molecular formula is C21H16BrFN2O3. The zero-order valence-corrected chi connectivity index (χ0v) is 16.2. The molecule has 0 spiro atoms. The minimum Gasteiger partial charge on any atom is -0.483 e. The first-order chi connectivity index (χ1) is 13.5. The van der Waals surface area contributed by atoms with Crippen LogP contribution in [0.1, 0.15) is 10.4 Å². The van der Waals surface area contributed by atoms with E-state index in [0.29, 0.717) is 5.69 Å². The zero-order chi connectivity index (χ0) is 19.9. The first-order valence-corrected chi connectivity index (χ1v) is 9.15. The van der Waals surface area contributed by atoms with E-state index in [0.717, 1.165) is 4.47 Å². The van der Waals surface area contributed by atoms with E-state index in [9.17, 15) is 14.0 Å². The van der Waals surface area contributed by atoms with Crippen LogP contribution in [-0.4, -0.2) is 18.4 Å². The number of benzene rings is 3. The Morgan fingerprint density at radius 1 is 0.893 bits per heavy atom. The number of amides is 2. The van der Waals surface area contributed by atoms with Crippen LogP contribution in [0.2, 0.25) is 0 Å². The van der Waals surface area contributed by atoms with Crippen molar-refractivity contribution >= 4 is 39.1 Å². The van der Waals surface area contributed by atoms with Gasteiger partial charge in [0, 0.05) is 10.2 Å². The Kier molecular flexibility index (Phi) is 6.39. The lowest BCUT2D eigenvalue weighted by molar-refractivity contribution is -0.118. The molecule has 7 heteroatoms. The molecule has 142 valence electrons. The summed E-state index contributed by atoms with van der Waals surface area (Å²) in [6.45, 7) is -0.364. The minimum absolute atomic E-state index is 0.0670. The molecule has 3 aromatic rings. The molecule has 0 radical (unpaired) electrons. The van der Waals surface area contributed by atoms with Crippen LogP contribution in [0.4, 0.5) is 15.8 Å². The summed E-state index contributed by atoms with van der Waals surface area (Å²) < 4.78 is 20.0. The highest BCUT2D eigenvalue weighted by Crippen LogP contribution is 2.21. The molecule has 0 fully saturated rings. The summed E-state index contributed by atoms with van der Waals surface area (Å²) in [5.74, 6) is -1.19. The average molecular weight is 443 g/mol. The van der Waals surface area contributed by atoms with E-state index in [1.54, 1.807) is 42.5 Å². The Morgan fingerprint density at radius 2 is 1.57 bits per heavy atom. The van der Waals surface area contributed by atoms with Crippen molar-refractivity contribution in [1.29, 1.82) is 0 Å². The number of ether oxygens (including phenoxy) is 1. The van der Waals surface area contributed by atoms with Gasteiger partial charge in [-0.05, 0) is 48.5 Å². The van der Waals surface area contributed by atoms with E-state index >= 15 is 0 Å². The Labute approximate surface area is 169 Å². The summed E-state index contributed by atoms with van der Waals surface area (Å²) in [5, 5.41) is 5.20. The zero-order valence-electron chi connectivity index (χ0n) is 14.6. The second-order valence-corrected chi connectivity index (χ2v) is 6.69. The predicted molar refractivity (Wildman–Crippen MR) is 109 cm³/mol. The van der Waals surface area contributed by atoms with Crippen LogP contribution in [0.15, 0.2) is 77.3 Å². The number of hydrogen-bond donors (Lipinski definition) is 2. The van der Waals surface area contributed by atoms with E-state index in [1.165, 1.54) is 18.2 Å². The number of nitrogens with one attached hydrogen (secondary N) is 2. The van der Waals surface area contributed by atoms with E-state index < -0.39 is 11.7 Å². The van der Waals surface area contributed by atoms with Gasteiger partial charge in [-0.15, -0.1) is 0 Å².